The van der Waals surface area contributed by atoms with Crippen LogP contribution in [0.4, 0.5) is 0 Å². The first kappa shape index (κ1) is 15.1. The summed E-state index contributed by atoms with van der Waals surface area (Å²) in [6, 6.07) is 10.0. The lowest BCUT2D eigenvalue weighted by Crippen LogP contribution is -2.10. The van der Waals surface area contributed by atoms with Crippen molar-refractivity contribution in [3.05, 3.63) is 59.2 Å². The summed E-state index contributed by atoms with van der Waals surface area (Å²) >= 11 is 0. The number of carboxylic acids is 1. The van der Waals surface area contributed by atoms with Crippen LogP contribution in [0.5, 0.6) is 5.75 Å². The monoisotopic (exact) mass is 306 g/mol. The van der Waals surface area contributed by atoms with E-state index in [1.807, 2.05) is 0 Å². The smallest absolute Gasteiger partial charge is 0.335 e. The van der Waals surface area contributed by atoms with Crippen LogP contribution in [-0.2, 0) is 15.6 Å². The molecule has 6 heteroatoms. The van der Waals surface area contributed by atoms with Crippen molar-refractivity contribution < 1.29 is 23.4 Å². The third-order valence-corrected chi connectivity index (χ3v) is 4.97. The molecule has 2 aromatic rings. The van der Waals surface area contributed by atoms with Gasteiger partial charge in [0.1, 0.15) is 5.75 Å². The van der Waals surface area contributed by atoms with Gasteiger partial charge in [-0.05, 0) is 42.3 Å². The molecule has 0 aliphatic rings. The first-order valence-corrected chi connectivity index (χ1v) is 7.80. The Kier molecular flexibility index (Phi) is 3.99. The maximum atomic E-state index is 12.4. The van der Waals surface area contributed by atoms with Gasteiger partial charge in [0.2, 0.25) is 0 Å². The number of phenolic OH excluding ortho intramolecular Hbond substituents is 1. The Bertz CT molecular complexity index is 776. The molecule has 0 heterocycles. The summed E-state index contributed by atoms with van der Waals surface area (Å²) in [5, 5.41) is 18.3. The molecule has 21 heavy (non-hydrogen) atoms. The van der Waals surface area contributed by atoms with Crippen LogP contribution < -0.4 is 0 Å². The van der Waals surface area contributed by atoms with E-state index in [9.17, 15) is 18.3 Å². The van der Waals surface area contributed by atoms with E-state index in [1.165, 1.54) is 49.4 Å². The average Bonchev–Trinajstić information content (AvgIpc) is 2.41. The van der Waals surface area contributed by atoms with Crippen molar-refractivity contribution in [2.75, 3.05) is 0 Å². The molecule has 0 amide bonds. The van der Waals surface area contributed by atoms with Crippen molar-refractivity contribution in [3.8, 4) is 5.75 Å². The fourth-order valence-corrected chi connectivity index (χ4v) is 3.72. The fraction of sp³-hybridized carbons (Fsp3) is 0.133. The molecule has 2 rings (SSSR count). The molecule has 0 unspecified atom stereocenters. The zero-order chi connectivity index (χ0) is 15.6. The number of aromatic carboxylic acids is 1. The number of carbonyl (C=O) groups is 1. The number of benzene rings is 2. The predicted octanol–water partition coefficient (Wildman–Crippen LogP) is 2.37. The predicted molar refractivity (Wildman–Crippen MR) is 77.1 cm³/mol. The van der Waals surface area contributed by atoms with Gasteiger partial charge in [0.25, 0.3) is 0 Å². The van der Waals surface area contributed by atoms with E-state index in [1.54, 1.807) is 0 Å². The van der Waals surface area contributed by atoms with E-state index in [2.05, 4.69) is 0 Å². The molecule has 0 fully saturated rings. The average molecular weight is 306 g/mol. The summed E-state index contributed by atoms with van der Waals surface area (Å²) in [6.45, 7) is 1.48. The number of hydrogen-bond acceptors (Lipinski definition) is 4. The molecule has 5 nitrogen and oxygen atoms in total. The number of aromatic hydroxyl groups is 1. The molecule has 0 radical (unpaired) electrons. The van der Waals surface area contributed by atoms with E-state index >= 15 is 0 Å². The molecular formula is C15H14O5S. The summed E-state index contributed by atoms with van der Waals surface area (Å²) < 4.78 is 24.9. The van der Waals surface area contributed by atoms with Gasteiger partial charge >= 0.3 is 5.97 Å². The van der Waals surface area contributed by atoms with Crippen LogP contribution in [0.25, 0.3) is 0 Å². The van der Waals surface area contributed by atoms with Crippen molar-refractivity contribution >= 4 is 15.8 Å². The van der Waals surface area contributed by atoms with Crippen LogP contribution in [0.1, 0.15) is 21.5 Å². The first-order chi connectivity index (χ1) is 9.81. The third-order valence-electron chi connectivity index (χ3n) is 3.14. The number of phenols is 1. The summed E-state index contributed by atoms with van der Waals surface area (Å²) in [7, 11) is -3.66. The Labute approximate surface area is 122 Å². The number of rotatable bonds is 4. The number of sulfone groups is 1. The van der Waals surface area contributed by atoms with E-state index in [0.29, 0.717) is 5.56 Å². The summed E-state index contributed by atoms with van der Waals surface area (Å²) in [6.07, 6.45) is 0. The molecule has 2 N–H and O–H groups in total. The molecular weight excluding hydrogens is 292 g/mol. The maximum Gasteiger partial charge on any atom is 0.335 e. The molecule has 2 aromatic carbocycles. The molecule has 0 bridgehead atoms. The van der Waals surface area contributed by atoms with Crippen molar-refractivity contribution in [2.45, 2.75) is 17.6 Å². The van der Waals surface area contributed by atoms with Crippen molar-refractivity contribution in [2.24, 2.45) is 0 Å². The van der Waals surface area contributed by atoms with Crippen molar-refractivity contribution in [3.63, 3.8) is 0 Å². The lowest BCUT2D eigenvalue weighted by Gasteiger charge is -2.10. The molecule has 0 aromatic heterocycles. The Morgan fingerprint density at radius 1 is 1.10 bits per heavy atom. The molecule has 0 aliphatic carbocycles. The molecule has 0 spiro atoms. The highest BCUT2D eigenvalue weighted by Gasteiger charge is 2.21. The van der Waals surface area contributed by atoms with Gasteiger partial charge in [-0.1, -0.05) is 18.2 Å². The number of hydrogen-bond donors (Lipinski definition) is 2. The standard InChI is InChI=1S/C15H14O5S/c1-10-13(15(17)18)3-2-4-14(10)21(19,20)9-11-5-7-12(16)8-6-11/h2-8,16H,9H2,1H3,(H,17,18). The van der Waals surface area contributed by atoms with Gasteiger partial charge in [-0.25, -0.2) is 13.2 Å². The molecule has 0 saturated carbocycles. The van der Waals surface area contributed by atoms with Crippen molar-refractivity contribution in [1.82, 2.24) is 0 Å². The van der Waals surface area contributed by atoms with Crippen LogP contribution in [-0.4, -0.2) is 24.6 Å². The van der Waals surface area contributed by atoms with E-state index in [-0.39, 0.29) is 27.5 Å². The van der Waals surface area contributed by atoms with E-state index in [4.69, 9.17) is 5.11 Å². The summed E-state index contributed by atoms with van der Waals surface area (Å²) in [5.74, 6) is -1.36. The molecule has 0 atom stereocenters. The first-order valence-electron chi connectivity index (χ1n) is 6.15. The highest BCUT2D eigenvalue weighted by molar-refractivity contribution is 7.90. The Hall–Kier alpha value is -2.34. The second kappa shape index (κ2) is 5.57. The Morgan fingerprint density at radius 2 is 1.71 bits per heavy atom. The lowest BCUT2D eigenvalue weighted by atomic mass is 10.1. The van der Waals surface area contributed by atoms with Crippen LogP contribution >= 0.6 is 0 Å². The Morgan fingerprint density at radius 3 is 2.29 bits per heavy atom. The molecule has 0 saturated heterocycles. The lowest BCUT2D eigenvalue weighted by molar-refractivity contribution is 0.0696. The second-order valence-electron chi connectivity index (χ2n) is 4.66. The van der Waals surface area contributed by atoms with Crippen LogP contribution in [0.3, 0.4) is 0 Å². The van der Waals surface area contributed by atoms with Gasteiger partial charge in [-0.2, -0.15) is 0 Å². The van der Waals surface area contributed by atoms with E-state index in [0.717, 1.165) is 0 Å². The van der Waals surface area contributed by atoms with Gasteiger partial charge < -0.3 is 10.2 Å². The highest BCUT2D eigenvalue weighted by Crippen LogP contribution is 2.23. The summed E-state index contributed by atoms with van der Waals surface area (Å²) in [4.78, 5) is 11.1. The van der Waals surface area contributed by atoms with Gasteiger partial charge in [0, 0.05) is 0 Å². The van der Waals surface area contributed by atoms with E-state index < -0.39 is 15.8 Å². The van der Waals surface area contributed by atoms with Crippen LogP contribution in [0.15, 0.2) is 47.4 Å². The van der Waals surface area contributed by atoms with Gasteiger partial charge in [0.15, 0.2) is 9.84 Å². The highest BCUT2D eigenvalue weighted by atomic mass is 32.2. The zero-order valence-corrected chi connectivity index (χ0v) is 12.1. The third kappa shape index (κ3) is 3.22. The fourth-order valence-electron chi connectivity index (χ4n) is 2.07. The minimum absolute atomic E-state index is 0.00970. The minimum atomic E-state index is -3.66. The van der Waals surface area contributed by atoms with Crippen molar-refractivity contribution in [1.29, 1.82) is 0 Å². The normalized spacial score (nSPS) is 11.3. The van der Waals surface area contributed by atoms with Gasteiger partial charge in [0.05, 0.1) is 16.2 Å². The minimum Gasteiger partial charge on any atom is -0.508 e. The Balaban J connectivity index is 2.42. The SMILES string of the molecule is Cc1c(C(=O)O)cccc1S(=O)(=O)Cc1ccc(O)cc1. The largest absolute Gasteiger partial charge is 0.508 e. The maximum absolute atomic E-state index is 12.4. The second-order valence-corrected chi connectivity index (χ2v) is 6.62. The topological polar surface area (TPSA) is 91.7 Å². The summed E-state index contributed by atoms with van der Waals surface area (Å²) in [5.41, 5.74) is 0.721. The zero-order valence-electron chi connectivity index (χ0n) is 11.3. The van der Waals surface area contributed by atoms with Gasteiger partial charge in [-0.15, -0.1) is 0 Å². The molecule has 110 valence electrons. The van der Waals surface area contributed by atoms with Crippen LogP contribution in [0, 0.1) is 6.92 Å². The molecule has 0 aliphatic heterocycles. The van der Waals surface area contributed by atoms with Crippen LogP contribution in [0.2, 0.25) is 0 Å². The van der Waals surface area contributed by atoms with Gasteiger partial charge in [-0.3, -0.25) is 0 Å². The quantitative estimate of drug-likeness (QED) is 0.904. The number of carboxylic acid groups (broad SMARTS) is 1.